The molecule has 2 N–H and O–H groups in total. The lowest BCUT2D eigenvalue weighted by molar-refractivity contribution is -0.140. The average molecular weight is 467 g/mol. The van der Waals surface area contributed by atoms with Crippen molar-refractivity contribution in [2.24, 2.45) is 7.05 Å². The summed E-state index contributed by atoms with van der Waals surface area (Å²) in [6.07, 6.45) is -2.16. The third kappa shape index (κ3) is 4.88. The Kier molecular flexibility index (Phi) is 6.28. The number of aromatic nitrogens is 4. The molecule has 176 valence electrons. The van der Waals surface area contributed by atoms with Crippen molar-refractivity contribution in [3.05, 3.63) is 77.7 Å². The van der Waals surface area contributed by atoms with Gasteiger partial charge in [0, 0.05) is 30.9 Å². The van der Waals surface area contributed by atoms with Gasteiger partial charge in [-0.25, -0.2) is 15.0 Å². The van der Waals surface area contributed by atoms with Crippen LogP contribution in [0, 0.1) is 0 Å². The predicted molar refractivity (Wildman–Crippen MR) is 124 cm³/mol. The summed E-state index contributed by atoms with van der Waals surface area (Å²) >= 11 is 0. The molecule has 4 rings (SSSR count). The SMILES string of the molecule is CC(C)c1ccccc1-c1ncc(O)c(NCc2ccc(-c3nc(C(F)(F)F)cn3C)cc2)n1. The molecule has 0 saturated carbocycles. The average Bonchev–Trinajstić information content (AvgIpc) is 3.21. The van der Waals surface area contributed by atoms with Crippen LogP contribution >= 0.6 is 0 Å². The third-order valence-corrected chi connectivity index (χ3v) is 5.43. The van der Waals surface area contributed by atoms with Crippen LogP contribution in [0.25, 0.3) is 22.8 Å². The number of alkyl halides is 3. The van der Waals surface area contributed by atoms with Gasteiger partial charge < -0.3 is 15.0 Å². The Balaban J connectivity index is 1.52. The van der Waals surface area contributed by atoms with Crippen molar-refractivity contribution in [2.75, 3.05) is 5.32 Å². The summed E-state index contributed by atoms with van der Waals surface area (Å²) in [6, 6.07) is 14.9. The summed E-state index contributed by atoms with van der Waals surface area (Å²) in [5, 5.41) is 13.4. The van der Waals surface area contributed by atoms with Crippen LogP contribution in [0.4, 0.5) is 19.0 Å². The molecule has 0 atom stereocenters. The summed E-state index contributed by atoms with van der Waals surface area (Å²) in [5.41, 5.74) is 2.51. The third-order valence-electron chi connectivity index (χ3n) is 5.43. The van der Waals surface area contributed by atoms with Gasteiger partial charge in [-0.05, 0) is 17.0 Å². The number of aromatic hydroxyl groups is 1. The number of nitrogens with one attached hydrogen (secondary N) is 1. The maximum Gasteiger partial charge on any atom is 0.434 e. The second kappa shape index (κ2) is 9.17. The summed E-state index contributed by atoms with van der Waals surface area (Å²) in [4.78, 5) is 12.5. The van der Waals surface area contributed by atoms with E-state index in [1.807, 2.05) is 24.3 Å². The van der Waals surface area contributed by atoms with E-state index in [0.717, 1.165) is 22.9 Å². The van der Waals surface area contributed by atoms with Crippen LogP contribution < -0.4 is 5.32 Å². The fourth-order valence-electron chi connectivity index (χ4n) is 3.67. The summed E-state index contributed by atoms with van der Waals surface area (Å²) in [5.74, 6) is 1.25. The summed E-state index contributed by atoms with van der Waals surface area (Å²) < 4.78 is 40.2. The van der Waals surface area contributed by atoms with E-state index < -0.39 is 11.9 Å². The van der Waals surface area contributed by atoms with Crippen LogP contribution in [0.5, 0.6) is 5.75 Å². The Morgan fingerprint density at radius 1 is 1.03 bits per heavy atom. The van der Waals surface area contributed by atoms with Crippen LogP contribution in [0.1, 0.15) is 36.6 Å². The topological polar surface area (TPSA) is 75.9 Å². The quantitative estimate of drug-likeness (QED) is 0.364. The number of halogens is 3. The molecule has 34 heavy (non-hydrogen) atoms. The predicted octanol–water partition coefficient (Wildman–Crippen LogP) is 6.00. The molecule has 0 aliphatic carbocycles. The number of rotatable bonds is 6. The van der Waals surface area contributed by atoms with Crippen molar-refractivity contribution in [2.45, 2.75) is 32.5 Å². The Labute approximate surface area is 195 Å². The highest BCUT2D eigenvalue weighted by Gasteiger charge is 2.34. The summed E-state index contributed by atoms with van der Waals surface area (Å²) in [6.45, 7) is 4.54. The van der Waals surface area contributed by atoms with Gasteiger partial charge in [0.15, 0.2) is 23.1 Å². The molecular formula is C25H24F3N5O. The monoisotopic (exact) mass is 467 g/mol. The first-order valence-corrected chi connectivity index (χ1v) is 10.7. The first-order valence-electron chi connectivity index (χ1n) is 10.7. The first kappa shape index (κ1) is 23.3. The normalized spacial score (nSPS) is 11.7. The molecule has 0 radical (unpaired) electrons. The molecule has 0 amide bonds. The highest BCUT2D eigenvalue weighted by atomic mass is 19.4. The van der Waals surface area contributed by atoms with E-state index >= 15 is 0 Å². The Morgan fingerprint density at radius 2 is 1.74 bits per heavy atom. The number of nitrogens with zero attached hydrogens (tertiary/aromatic N) is 4. The lowest BCUT2D eigenvalue weighted by Crippen LogP contribution is -2.05. The van der Waals surface area contributed by atoms with Gasteiger partial charge in [-0.3, -0.25) is 0 Å². The minimum Gasteiger partial charge on any atom is -0.503 e. The smallest absolute Gasteiger partial charge is 0.434 e. The Bertz CT molecular complexity index is 1300. The molecule has 0 spiro atoms. The van der Waals surface area contributed by atoms with Crippen molar-refractivity contribution in [3.63, 3.8) is 0 Å². The fraction of sp³-hybridized carbons (Fsp3) is 0.240. The second-order valence-corrected chi connectivity index (χ2v) is 8.28. The van der Waals surface area contributed by atoms with E-state index in [9.17, 15) is 18.3 Å². The molecule has 2 heterocycles. The van der Waals surface area contributed by atoms with Gasteiger partial charge in [-0.15, -0.1) is 0 Å². The number of benzene rings is 2. The Morgan fingerprint density at radius 3 is 2.38 bits per heavy atom. The molecule has 6 nitrogen and oxygen atoms in total. The zero-order valence-corrected chi connectivity index (χ0v) is 18.9. The maximum absolute atomic E-state index is 12.9. The highest BCUT2D eigenvalue weighted by molar-refractivity contribution is 5.64. The number of anilines is 1. The standard InChI is InChI=1S/C25H24F3N5O/c1-15(2)18-6-4-5-7-19(18)22-30-13-20(34)23(32-22)29-12-16-8-10-17(11-9-16)24-31-21(14-33(24)3)25(26,27)28/h4-11,13-15,34H,12H2,1-3H3,(H,29,30,32). The van der Waals surface area contributed by atoms with Gasteiger partial charge >= 0.3 is 6.18 Å². The number of hydrogen-bond acceptors (Lipinski definition) is 5. The van der Waals surface area contributed by atoms with Crippen LogP contribution in [0.3, 0.4) is 0 Å². The molecule has 0 saturated heterocycles. The van der Waals surface area contributed by atoms with Gasteiger partial charge in [0.25, 0.3) is 0 Å². The van der Waals surface area contributed by atoms with Crippen molar-refractivity contribution >= 4 is 5.82 Å². The minimum atomic E-state index is -4.49. The number of aryl methyl sites for hydroxylation is 1. The second-order valence-electron chi connectivity index (χ2n) is 8.28. The molecule has 9 heteroatoms. The largest absolute Gasteiger partial charge is 0.503 e. The van der Waals surface area contributed by atoms with E-state index in [2.05, 4.69) is 34.1 Å². The number of imidazole rings is 1. The van der Waals surface area contributed by atoms with Crippen LogP contribution in [-0.2, 0) is 19.8 Å². The van der Waals surface area contributed by atoms with E-state index in [1.54, 1.807) is 24.3 Å². The number of hydrogen-bond donors (Lipinski definition) is 2. The highest BCUT2D eigenvalue weighted by Crippen LogP contribution is 2.31. The van der Waals surface area contributed by atoms with Crippen molar-refractivity contribution in [1.29, 1.82) is 0 Å². The lowest BCUT2D eigenvalue weighted by atomic mass is 9.97. The maximum atomic E-state index is 12.9. The molecule has 4 aromatic rings. The van der Waals surface area contributed by atoms with Gasteiger partial charge in [0.2, 0.25) is 0 Å². The van der Waals surface area contributed by atoms with E-state index in [0.29, 0.717) is 23.8 Å². The van der Waals surface area contributed by atoms with Crippen LogP contribution in [0.15, 0.2) is 60.9 Å². The van der Waals surface area contributed by atoms with Gasteiger partial charge in [0.05, 0.1) is 6.20 Å². The van der Waals surface area contributed by atoms with Gasteiger partial charge in [-0.1, -0.05) is 62.4 Å². The van der Waals surface area contributed by atoms with Crippen molar-refractivity contribution in [1.82, 2.24) is 19.5 Å². The molecule has 0 unspecified atom stereocenters. The van der Waals surface area contributed by atoms with E-state index in [-0.39, 0.29) is 17.5 Å². The molecule has 0 bridgehead atoms. The molecule has 2 aromatic heterocycles. The Hall–Kier alpha value is -3.88. The summed E-state index contributed by atoms with van der Waals surface area (Å²) in [7, 11) is 1.53. The first-order chi connectivity index (χ1) is 16.1. The van der Waals surface area contributed by atoms with Gasteiger partial charge in [-0.2, -0.15) is 13.2 Å². The zero-order valence-electron chi connectivity index (χ0n) is 18.9. The zero-order chi connectivity index (χ0) is 24.5. The minimum absolute atomic E-state index is 0.0740. The lowest BCUT2D eigenvalue weighted by Gasteiger charge is -2.13. The fourth-order valence-corrected chi connectivity index (χ4v) is 3.67. The molecular weight excluding hydrogens is 443 g/mol. The van der Waals surface area contributed by atoms with Gasteiger partial charge in [0.1, 0.15) is 5.82 Å². The molecule has 0 aliphatic heterocycles. The van der Waals surface area contributed by atoms with E-state index in [1.165, 1.54) is 17.8 Å². The van der Waals surface area contributed by atoms with Crippen LogP contribution in [0.2, 0.25) is 0 Å². The van der Waals surface area contributed by atoms with Crippen molar-refractivity contribution in [3.8, 4) is 28.5 Å². The molecule has 0 fully saturated rings. The van der Waals surface area contributed by atoms with E-state index in [4.69, 9.17) is 0 Å². The van der Waals surface area contributed by atoms with Crippen LogP contribution in [-0.4, -0.2) is 24.6 Å². The molecule has 0 aliphatic rings. The molecule has 2 aromatic carbocycles. The van der Waals surface area contributed by atoms with Crippen molar-refractivity contribution < 1.29 is 18.3 Å².